The van der Waals surface area contributed by atoms with Crippen molar-refractivity contribution in [2.45, 2.75) is 12.6 Å². The quantitative estimate of drug-likeness (QED) is 0.443. The van der Waals surface area contributed by atoms with Crippen LogP contribution in [-0.4, -0.2) is 22.6 Å². The molecule has 0 fully saturated rings. The summed E-state index contributed by atoms with van der Waals surface area (Å²) in [6.45, 7) is 0.147. The number of aryl methyl sites for hydroxylation is 1. The van der Waals surface area contributed by atoms with E-state index in [-0.39, 0.29) is 12.4 Å². The van der Waals surface area contributed by atoms with E-state index in [0.29, 0.717) is 28.6 Å². The smallest absolute Gasteiger partial charge is 0.287 e. The Morgan fingerprint density at radius 2 is 1.97 bits per heavy atom. The van der Waals surface area contributed by atoms with E-state index in [2.05, 4.69) is 16.4 Å². The number of methoxy groups -OCH3 is 1. The molecule has 1 atom stereocenters. The van der Waals surface area contributed by atoms with Gasteiger partial charge >= 0.3 is 0 Å². The first-order valence-electron chi connectivity index (χ1n) is 10.2. The molecule has 0 saturated carbocycles. The van der Waals surface area contributed by atoms with Gasteiger partial charge < -0.3 is 23.8 Å². The van der Waals surface area contributed by atoms with Crippen LogP contribution < -0.4 is 14.8 Å². The average molecular weight is 442 g/mol. The summed E-state index contributed by atoms with van der Waals surface area (Å²) < 4.78 is 18.7. The zero-order valence-electron chi connectivity index (χ0n) is 18.2. The first-order valence-corrected chi connectivity index (χ1v) is 10.2. The molecule has 166 valence electrons. The van der Waals surface area contributed by atoms with Crippen LogP contribution in [-0.2, 0) is 13.7 Å². The maximum absolute atomic E-state index is 13.0. The second kappa shape index (κ2) is 9.75. The minimum Gasteiger partial charge on any atom is -0.496 e. The average Bonchev–Trinajstić information content (AvgIpc) is 3.50. The number of hydrogen-bond acceptors (Lipinski definition) is 6. The van der Waals surface area contributed by atoms with Gasteiger partial charge in [-0.25, -0.2) is 4.98 Å². The molecule has 2 aromatic carbocycles. The molecule has 4 aromatic rings. The summed E-state index contributed by atoms with van der Waals surface area (Å²) in [5, 5.41) is 11.9. The molecule has 8 heteroatoms. The predicted molar refractivity (Wildman–Crippen MR) is 120 cm³/mol. The summed E-state index contributed by atoms with van der Waals surface area (Å²) in [6.07, 6.45) is 3.49. The molecule has 2 heterocycles. The number of nitriles is 1. The van der Waals surface area contributed by atoms with Gasteiger partial charge in [-0.15, -0.1) is 0 Å². The van der Waals surface area contributed by atoms with Crippen LogP contribution in [0.2, 0.25) is 0 Å². The number of hydrogen-bond donors (Lipinski definition) is 1. The van der Waals surface area contributed by atoms with Gasteiger partial charge in [0.1, 0.15) is 35.7 Å². The van der Waals surface area contributed by atoms with Crippen molar-refractivity contribution in [3.05, 3.63) is 102 Å². The van der Waals surface area contributed by atoms with E-state index in [1.54, 1.807) is 49.7 Å². The largest absolute Gasteiger partial charge is 0.496 e. The summed E-state index contributed by atoms with van der Waals surface area (Å²) in [5.74, 6) is 2.16. The van der Waals surface area contributed by atoms with Crippen molar-refractivity contribution in [1.29, 1.82) is 5.26 Å². The van der Waals surface area contributed by atoms with Gasteiger partial charge in [0.05, 0.1) is 18.7 Å². The fraction of sp³-hybridized carbons (Fsp3) is 0.160. The van der Waals surface area contributed by atoms with E-state index in [4.69, 9.17) is 19.2 Å². The van der Waals surface area contributed by atoms with Crippen LogP contribution in [0.4, 0.5) is 0 Å². The van der Waals surface area contributed by atoms with Crippen molar-refractivity contribution in [3.8, 4) is 17.6 Å². The van der Waals surface area contributed by atoms with Crippen LogP contribution in [0.15, 0.2) is 77.5 Å². The fourth-order valence-corrected chi connectivity index (χ4v) is 3.40. The van der Waals surface area contributed by atoms with Crippen LogP contribution in [0.1, 0.15) is 39.3 Å². The van der Waals surface area contributed by atoms with Crippen LogP contribution in [0.5, 0.6) is 11.5 Å². The number of ether oxygens (including phenoxy) is 2. The molecule has 0 saturated heterocycles. The molecule has 8 nitrogen and oxygen atoms in total. The van der Waals surface area contributed by atoms with E-state index < -0.39 is 11.9 Å². The molecular formula is C25H22N4O4. The van der Waals surface area contributed by atoms with Gasteiger partial charge in [-0.3, -0.25) is 4.79 Å². The zero-order valence-corrected chi connectivity index (χ0v) is 18.2. The van der Waals surface area contributed by atoms with E-state index in [0.717, 1.165) is 5.56 Å². The molecule has 0 aliphatic rings. The summed E-state index contributed by atoms with van der Waals surface area (Å²) in [6, 6.07) is 19.0. The second-order valence-electron chi connectivity index (χ2n) is 7.24. The Kier molecular flexibility index (Phi) is 6.41. The highest BCUT2D eigenvalue weighted by Crippen LogP contribution is 2.29. The molecule has 1 amide bonds. The van der Waals surface area contributed by atoms with Crippen LogP contribution in [0, 0.1) is 11.3 Å². The normalized spacial score (nSPS) is 11.4. The number of nitrogens with one attached hydrogen (secondary N) is 1. The van der Waals surface area contributed by atoms with Gasteiger partial charge in [-0.1, -0.05) is 18.2 Å². The molecule has 33 heavy (non-hydrogen) atoms. The topological polar surface area (TPSA) is 102 Å². The third kappa shape index (κ3) is 4.88. The van der Waals surface area contributed by atoms with Crippen molar-refractivity contribution in [3.63, 3.8) is 0 Å². The standard InChI is InChI=1S/C25H22N4O4/c1-29-14-13-27-24(29)23(20-5-3-4-6-21(20)31-2)28-25(30)22-12-11-19(33-22)16-32-18-9-7-17(15-26)8-10-18/h3-14,23H,16H2,1-2H3,(H,28,30). The van der Waals surface area contributed by atoms with Crippen LogP contribution in [0.3, 0.4) is 0 Å². The van der Waals surface area contributed by atoms with E-state index in [9.17, 15) is 4.79 Å². The third-order valence-electron chi connectivity index (χ3n) is 5.09. The SMILES string of the molecule is COc1ccccc1C(NC(=O)c1ccc(COc2ccc(C#N)cc2)o1)c1nccn1C. The summed E-state index contributed by atoms with van der Waals surface area (Å²) in [4.78, 5) is 17.5. The summed E-state index contributed by atoms with van der Waals surface area (Å²) >= 11 is 0. The lowest BCUT2D eigenvalue weighted by Gasteiger charge is -2.20. The highest BCUT2D eigenvalue weighted by Gasteiger charge is 2.25. The first kappa shape index (κ1) is 21.7. The maximum atomic E-state index is 13.0. The molecular weight excluding hydrogens is 420 g/mol. The Morgan fingerprint density at radius 3 is 2.67 bits per heavy atom. The molecule has 1 N–H and O–H groups in total. The summed E-state index contributed by atoms with van der Waals surface area (Å²) in [5.41, 5.74) is 1.33. The van der Waals surface area contributed by atoms with Crippen LogP contribution in [0.25, 0.3) is 0 Å². The Balaban J connectivity index is 1.50. The van der Waals surface area contributed by atoms with Gasteiger partial charge in [0.2, 0.25) is 0 Å². The van der Waals surface area contributed by atoms with Gasteiger partial charge in [0.15, 0.2) is 5.76 Å². The van der Waals surface area contributed by atoms with Crippen molar-refractivity contribution in [2.75, 3.05) is 7.11 Å². The lowest BCUT2D eigenvalue weighted by Crippen LogP contribution is -2.31. The Hall–Kier alpha value is -4.51. The monoisotopic (exact) mass is 442 g/mol. The minimum absolute atomic E-state index is 0.147. The van der Waals surface area contributed by atoms with E-state index >= 15 is 0 Å². The predicted octanol–water partition coefficient (Wildman–Crippen LogP) is 3.99. The number of amides is 1. The Bertz CT molecular complexity index is 1280. The number of carbonyl (C=O) groups excluding carboxylic acids is 1. The number of benzene rings is 2. The third-order valence-corrected chi connectivity index (χ3v) is 5.09. The number of nitrogens with zero attached hydrogens (tertiary/aromatic N) is 3. The maximum Gasteiger partial charge on any atom is 0.287 e. The molecule has 0 radical (unpaired) electrons. The van der Waals surface area contributed by atoms with Gasteiger partial charge in [-0.2, -0.15) is 5.26 Å². The van der Waals surface area contributed by atoms with E-state index in [1.807, 2.05) is 42.1 Å². The lowest BCUT2D eigenvalue weighted by molar-refractivity contribution is 0.0908. The number of aromatic nitrogens is 2. The number of para-hydroxylation sites is 1. The first-order chi connectivity index (χ1) is 16.1. The van der Waals surface area contributed by atoms with Crippen molar-refractivity contribution < 1.29 is 18.7 Å². The molecule has 0 spiro atoms. The molecule has 2 aromatic heterocycles. The minimum atomic E-state index is -0.544. The fourth-order valence-electron chi connectivity index (χ4n) is 3.40. The Labute approximate surface area is 191 Å². The van der Waals surface area contributed by atoms with Gasteiger partial charge in [0, 0.05) is 25.0 Å². The molecule has 1 unspecified atom stereocenters. The number of carbonyl (C=O) groups is 1. The summed E-state index contributed by atoms with van der Waals surface area (Å²) in [7, 11) is 3.45. The lowest BCUT2D eigenvalue weighted by atomic mass is 10.0. The zero-order chi connectivity index (χ0) is 23.2. The Morgan fingerprint density at radius 1 is 1.18 bits per heavy atom. The highest BCUT2D eigenvalue weighted by molar-refractivity contribution is 5.92. The number of furan rings is 1. The molecule has 0 aliphatic heterocycles. The van der Waals surface area contributed by atoms with Crippen molar-refractivity contribution >= 4 is 5.91 Å². The highest BCUT2D eigenvalue weighted by atomic mass is 16.5. The second-order valence-corrected chi connectivity index (χ2v) is 7.24. The molecule has 0 bridgehead atoms. The van der Waals surface area contributed by atoms with Crippen molar-refractivity contribution in [2.24, 2.45) is 7.05 Å². The van der Waals surface area contributed by atoms with Gasteiger partial charge in [0.25, 0.3) is 5.91 Å². The number of rotatable bonds is 8. The van der Waals surface area contributed by atoms with E-state index in [1.165, 1.54) is 0 Å². The van der Waals surface area contributed by atoms with Crippen LogP contribution >= 0.6 is 0 Å². The molecule has 4 rings (SSSR count). The number of imidazole rings is 1. The van der Waals surface area contributed by atoms with Gasteiger partial charge in [-0.05, 0) is 42.5 Å². The van der Waals surface area contributed by atoms with Crippen molar-refractivity contribution in [1.82, 2.24) is 14.9 Å². The molecule has 0 aliphatic carbocycles.